The summed E-state index contributed by atoms with van der Waals surface area (Å²) in [6.45, 7) is -3.73. The highest BCUT2D eigenvalue weighted by atomic mass is 32.2. The van der Waals surface area contributed by atoms with Crippen LogP contribution in [-0.4, -0.2) is 41.5 Å². The van der Waals surface area contributed by atoms with E-state index in [1.807, 2.05) is 5.32 Å². The SMILES string of the molecule is C[S@@](=O)c1ccccc1C(=O)OCC(=O)NC(=O)c1ccc(OC(F)F)cc1. The van der Waals surface area contributed by atoms with Crippen molar-refractivity contribution in [3.8, 4) is 5.75 Å². The van der Waals surface area contributed by atoms with Gasteiger partial charge in [-0.25, -0.2) is 4.79 Å². The number of esters is 1. The summed E-state index contributed by atoms with van der Waals surface area (Å²) in [4.78, 5) is 36.1. The predicted octanol–water partition coefficient (Wildman–Crippen LogP) is 2.14. The Labute approximate surface area is 161 Å². The lowest BCUT2D eigenvalue weighted by atomic mass is 10.2. The van der Waals surface area contributed by atoms with Gasteiger partial charge in [0.2, 0.25) is 0 Å². The van der Waals surface area contributed by atoms with Gasteiger partial charge in [-0.05, 0) is 36.4 Å². The van der Waals surface area contributed by atoms with Crippen LogP contribution in [-0.2, 0) is 20.3 Å². The second-order valence-electron chi connectivity index (χ2n) is 5.31. The number of nitrogens with one attached hydrogen (secondary N) is 1. The van der Waals surface area contributed by atoms with Gasteiger partial charge in [-0.15, -0.1) is 0 Å². The van der Waals surface area contributed by atoms with Gasteiger partial charge in [0.1, 0.15) is 5.75 Å². The van der Waals surface area contributed by atoms with Crippen molar-refractivity contribution in [1.82, 2.24) is 5.32 Å². The van der Waals surface area contributed by atoms with Crippen LogP contribution < -0.4 is 10.1 Å². The van der Waals surface area contributed by atoms with Crippen molar-refractivity contribution in [2.24, 2.45) is 0 Å². The van der Waals surface area contributed by atoms with E-state index in [1.54, 1.807) is 12.1 Å². The normalized spacial score (nSPS) is 11.6. The zero-order chi connectivity index (χ0) is 20.7. The van der Waals surface area contributed by atoms with Crippen LogP contribution >= 0.6 is 0 Å². The van der Waals surface area contributed by atoms with Crippen LogP contribution in [0, 0.1) is 0 Å². The maximum atomic E-state index is 12.1. The lowest BCUT2D eigenvalue weighted by molar-refractivity contribution is -0.123. The molecule has 0 heterocycles. The number of hydrogen-bond acceptors (Lipinski definition) is 6. The van der Waals surface area contributed by atoms with Crippen LogP contribution in [0.3, 0.4) is 0 Å². The second-order valence-corrected chi connectivity index (χ2v) is 6.65. The van der Waals surface area contributed by atoms with Crippen molar-refractivity contribution in [2.75, 3.05) is 12.9 Å². The van der Waals surface area contributed by atoms with E-state index in [1.165, 1.54) is 30.5 Å². The van der Waals surface area contributed by atoms with Gasteiger partial charge in [-0.3, -0.25) is 19.1 Å². The van der Waals surface area contributed by atoms with Gasteiger partial charge in [-0.1, -0.05) is 12.1 Å². The van der Waals surface area contributed by atoms with Gasteiger partial charge in [0.05, 0.1) is 21.3 Å². The molecule has 148 valence electrons. The molecule has 0 bridgehead atoms. The molecule has 2 amide bonds. The van der Waals surface area contributed by atoms with E-state index in [9.17, 15) is 27.4 Å². The first-order valence-electron chi connectivity index (χ1n) is 7.76. The van der Waals surface area contributed by atoms with Gasteiger partial charge in [-0.2, -0.15) is 8.78 Å². The first kappa shape index (κ1) is 21.2. The van der Waals surface area contributed by atoms with Gasteiger partial charge in [0.15, 0.2) is 6.61 Å². The van der Waals surface area contributed by atoms with E-state index in [0.717, 1.165) is 12.1 Å². The molecular weight excluding hydrogens is 396 g/mol. The molecule has 0 unspecified atom stereocenters. The molecule has 0 fully saturated rings. The molecule has 0 aliphatic heterocycles. The van der Waals surface area contributed by atoms with Crippen LogP contribution in [0.4, 0.5) is 8.78 Å². The number of rotatable bonds is 7. The highest BCUT2D eigenvalue weighted by Gasteiger charge is 2.17. The highest BCUT2D eigenvalue weighted by Crippen LogP contribution is 2.15. The number of carbonyl (C=O) groups is 3. The maximum absolute atomic E-state index is 12.1. The molecule has 0 aliphatic rings. The molecule has 0 radical (unpaired) electrons. The fraction of sp³-hybridized carbons (Fsp3) is 0.167. The fourth-order valence-corrected chi connectivity index (χ4v) is 2.85. The average Bonchev–Trinajstić information content (AvgIpc) is 2.66. The molecule has 2 rings (SSSR count). The summed E-state index contributed by atoms with van der Waals surface area (Å²) < 4.78 is 44.8. The number of alkyl halides is 2. The summed E-state index contributed by atoms with van der Waals surface area (Å²) in [6, 6.07) is 10.7. The monoisotopic (exact) mass is 411 g/mol. The zero-order valence-electron chi connectivity index (χ0n) is 14.5. The number of halogens is 2. The first-order chi connectivity index (χ1) is 13.3. The molecule has 1 atom stereocenters. The van der Waals surface area contributed by atoms with E-state index in [0.29, 0.717) is 0 Å². The number of carbonyl (C=O) groups excluding carboxylic acids is 3. The van der Waals surface area contributed by atoms with Crippen LogP contribution in [0.5, 0.6) is 5.75 Å². The molecule has 1 N–H and O–H groups in total. The Bertz CT molecular complexity index is 901. The first-order valence-corrected chi connectivity index (χ1v) is 9.32. The molecule has 0 saturated heterocycles. The molecule has 2 aromatic rings. The van der Waals surface area contributed by atoms with Crippen LogP contribution in [0.1, 0.15) is 20.7 Å². The van der Waals surface area contributed by atoms with E-state index in [4.69, 9.17) is 4.74 Å². The Morgan fingerprint density at radius 1 is 1.07 bits per heavy atom. The minimum atomic E-state index is -2.99. The fourth-order valence-electron chi connectivity index (χ4n) is 2.12. The Hall–Kier alpha value is -3.14. The molecule has 0 spiro atoms. The van der Waals surface area contributed by atoms with Crippen molar-refractivity contribution >= 4 is 28.6 Å². The smallest absolute Gasteiger partial charge is 0.387 e. The molecule has 0 aliphatic carbocycles. The summed E-state index contributed by atoms with van der Waals surface area (Å²) in [7, 11) is -1.43. The summed E-state index contributed by atoms with van der Waals surface area (Å²) in [5.74, 6) is -2.69. The van der Waals surface area contributed by atoms with Crippen LogP contribution in [0.25, 0.3) is 0 Å². The van der Waals surface area contributed by atoms with Crippen molar-refractivity contribution in [3.63, 3.8) is 0 Å². The predicted molar refractivity (Wildman–Crippen MR) is 94.6 cm³/mol. The number of hydrogen-bond donors (Lipinski definition) is 1. The summed E-state index contributed by atoms with van der Waals surface area (Å²) >= 11 is 0. The number of ether oxygens (including phenoxy) is 2. The quantitative estimate of drug-likeness (QED) is 0.701. The third-order valence-electron chi connectivity index (χ3n) is 3.35. The number of imide groups is 1. The Morgan fingerprint density at radius 2 is 1.71 bits per heavy atom. The average molecular weight is 411 g/mol. The lowest BCUT2D eigenvalue weighted by Gasteiger charge is -2.08. The molecular formula is C18H15F2NO6S. The molecule has 7 nitrogen and oxygen atoms in total. The van der Waals surface area contributed by atoms with Crippen molar-refractivity contribution in [3.05, 3.63) is 59.7 Å². The summed E-state index contributed by atoms with van der Waals surface area (Å²) in [5.41, 5.74) is 0.0742. The van der Waals surface area contributed by atoms with Crippen molar-refractivity contribution in [2.45, 2.75) is 11.5 Å². The molecule has 10 heteroatoms. The Balaban J connectivity index is 1.91. The third-order valence-corrected chi connectivity index (χ3v) is 4.32. The number of amides is 2. The molecule has 0 saturated carbocycles. The van der Waals surface area contributed by atoms with Crippen molar-refractivity contribution in [1.29, 1.82) is 0 Å². The van der Waals surface area contributed by atoms with E-state index in [2.05, 4.69) is 4.74 Å². The maximum Gasteiger partial charge on any atom is 0.387 e. The summed E-state index contributed by atoms with van der Waals surface area (Å²) in [6.07, 6.45) is 1.40. The lowest BCUT2D eigenvalue weighted by Crippen LogP contribution is -2.34. The standard InChI is InChI=1S/C18H15F2NO6S/c1-28(25)14-5-3-2-4-13(14)17(24)26-10-15(22)21-16(23)11-6-8-12(9-7-11)27-18(19)20/h2-9,18H,10H2,1H3,(H,21,22,23)/t28-/m1/s1. The Morgan fingerprint density at radius 3 is 2.32 bits per heavy atom. The minimum absolute atomic E-state index is 0.0213. The molecule has 0 aromatic heterocycles. The van der Waals surface area contributed by atoms with Gasteiger partial charge >= 0.3 is 12.6 Å². The number of benzene rings is 2. The van der Waals surface area contributed by atoms with Gasteiger partial charge in [0, 0.05) is 11.8 Å². The zero-order valence-corrected chi connectivity index (χ0v) is 15.3. The van der Waals surface area contributed by atoms with Gasteiger partial charge in [0.25, 0.3) is 11.8 Å². The van der Waals surface area contributed by atoms with Crippen molar-refractivity contribution < 1.29 is 36.8 Å². The topological polar surface area (TPSA) is 98.8 Å². The highest BCUT2D eigenvalue weighted by molar-refractivity contribution is 7.84. The van der Waals surface area contributed by atoms with E-state index < -0.39 is 41.8 Å². The minimum Gasteiger partial charge on any atom is -0.452 e. The third kappa shape index (κ3) is 5.95. The van der Waals surface area contributed by atoms with Crippen LogP contribution in [0.2, 0.25) is 0 Å². The van der Waals surface area contributed by atoms with E-state index >= 15 is 0 Å². The molecule has 2 aromatic carbocycles. The molecule has 28 heavy (non-hydrogen) atoms. The Kier molecular flexibility index (Phi) is 7.33. The van der Waals surface area contributed by atoms with Gasteiger partial charge < -0.3 is 9.47 Å². The van der Waals surface area contributed by atoms with Crippen LogP contribution in [0.15, 0.2) is 53.4 Å². The second kappa shape index (κ2) is 9.70. The van der Waals surface area contributed by atoms with E-state index in [-0.39, 0.29) is 21.8 Å². The summed E-state index contributed by atoms with van der Waals surface area (Å²) in [5, 5.41) is 2.00. The largest absolute Gasteiger partial charge is 0.452 e.